The largest absolute Gasteiger partial charge is 0.370 e. The molecule has 2 rings (SSSR count). The van der Waals surface area contributed by atoms with Crippen LogP contribution in [0.5, 0.6) is 0 Å². The molecule has 0 aliphatic carbocycles. The number of hydrogen-bond donors (Lipinski definition) is 3. The minimum atomic E-state index is 0.253. The summed E-state index contributed by atoms with van der Waals surface area (Å²) < 4.78 is 0. The summed E-state index contributed by atoms with van der Waals surface area (Å²) in [6.45, 7) is 5.40. The molecule has 0 bridgehead atoms. The number of hydrogen-bond acceptors (Lipinski definition) is 6. The summed E-state index contributed by atoms with van der Waals surface area (Å²) in [5.41, 5.74) is 7.76. The molecule has 0 aliphatic heterocycles. The van der Waals surface area contributed by atoms with Crippen LogP contribution in [0.1, 0.15) is 18.2 Å². The molecule has 2 aromatic rings. The van der Waals surface area contributed by atoms with Crippen molar-refractivity contribution in [2.45, 2.75) is 20.4 Å². The summed E-state index contributed by atoms with van der Waals surface area (Å²) >= 11 is 0. The second kappa shape index (κ2) is 5.99. The van der Waals surface area contributed by atoms with Crippen LogP contribution in [0.4, 0.5) is 17.6 Å². The highest BCUT2D eigenvalue weighted by Gasteiger charge is 2.01. The highest BCUT2D eigenvalue weighted by molar-refractivity contribution is 5.51. The summed E-state index contributed by atoms with van der Waals surface area (Å²) in [7, 11) is 0. The SMILES string of the molecule is CCNc1cc(NCc2ccc(C)nc2)nc(N)n1. The highest BCUT2D eigenvalue weighted by Crippen LogP contribution is 2.13. The van der Waals surface area contributed by atoms with Crippen molar-refractivity contribution in [3.05, 3.63) is 35.7 Å². The van der Waals surface area contributed by atoms with Crippen molar-refractivity contribution in [3.63, 3.8) is 0 Å². The predicted molar refractivity (Wildman–Crippen MR) is 76.9 cm³/mol. The topological polar surface area (TPSA) is 88.8 Å². The Morgan fingerprint density at radius 2 is 1.89 bits per heavy atom. The Morgan fingerprint density at radius 3 is 2.53 bits per heavy atom. The van der Waals surface area contributed by atoms with Crippen LogP contribution < -0.4 is 16.4 Å². The molecule has 0 amide bonds. The van der Waals surface area contributed by atoms with Gasteiger partial charge in [0, 0.05) is 31.0 Å². The summed E-state index contributed by atoms with van der Waals surface area (Å²) in [4.78, 5) is 12.5. The van der Waals surface area contributed by atoms with Gasteiger partial charge in [-0.15, -0.1) is 0 Å². The van der Waals surface area contributed by atoms with Gasteiger partial charge in [0.05, 0.1) is 0 Å². The first-order valence-corrected chi connectivity index (χ1v) is 6.21. The first kappa shape index (κ1) is 13.1. The summed E-state index contributed by atoms with van der Waals surface area (Å²) in [6, 6.07) is 5.85. The number of aromatic nitrogens is 3. The zero-order chi connectivity index (χ0) is 13.7. The van der Waals surface area contributed by atoms with E-state index in [9.17, 15) is 0 Å². The smallest absolute Gasteiger partial charge is 0.223 e. The number of aryl methyl sites for hydroxylation is 1. The normalized spacial score (nSPS) is 10.2. The lowest BCUT2D eigenvalue weighted by Crippen LogP contribution is -2.08. The number of pyridine rings is 1. The maximum atomic E-state index is 5.66. The fraction of sp³-hybridized carbons (Fsp3) is 0.308. The molecule has 0 atom stereocenters. The Morgan fingerprint density at radius 1 is 1.16 bits per heavy atom. The Kier molecular flexibility index (Phi) is 4.12. The fourth-order valence-corrected chi connectivity index (χ4v) is 1.62. The van der Waals surface area contributed by atoms with Gasteiger partial charge < -0.3 is 16.4 Å². The molecule has 0 saturated carbocycles. The van der Waals surface area contributed by atoms with Crippen LogP contribution in [-0.2, 0) is 6.54 Å². The molecular formula is C13H18N6. The first-order chi connectivity index (χ1) is 9.17. The Hall–Kier alpha value is -2.37. The second-order valence-electron chi connectivity index (χ2n) is 4.19. The van der Waals surface area contributed by atoms with Gasteiger partial charge in [0.1, 0.15) is 11.6 Å². The van der Waals surface area contributed by atoms with Gasteiger partial charge in [-0.3, -0.25) is 4.98 Å². The number of nitrogens with zero attached hydrogens (tertiary/aromatic N) is 3. The van der Waals surface area contributed by atoms with Gasteiger partial charge in [0.2, 0.25) is 5.95 Å². The van der Waals surface area contributed by atoms with E-state index in [0.717, 1.165) is 23.6 Å². The molecule has 0 radical (unpaired) electrons. The lowest BCUT2D eigenvalue weighted by atomic mass is 10.2. The summed E-state index contributed by atoms with van der Waals surface area (Å²) in [5.74, 6) is 1.67. The molecule has 0 aromatic carbocycles. The zero-order valence-electron chi connectivity index (χ0n) is 11.1. The number of nitrogens with two attached hydrogens (primary N) is 1. The van der Waals surface area contributed by atoms with Gasteiger partial charge >= 0.3 is 0 Å². The molecule has 100 valence electrons. The van der Waals surface area contributed by atoms with Gasteiger partial charge in [0.15, 0.2) is 0 Å². The van der Waals surface area contributed by atoms with Crippen molar-refractivity contribution in [1.82, 2.24) is 15.0 Å². The maximum absolute atomic E-state index is 5.66. The van der Waals surface area contributed by atoms with Crippen LogP contribution in [0.2, 0.25) is 0 Å². The van der Waals surface area contributed by atoms with Crippen molar-refractivity contribution < 1.29 is 0 Å². The molecule has 6 nitrogen and oxygen atoms in total. The lowest BCUT2D eigenvalue weighted by Gasteiger charge is -2.09. The maximum Gasteiger partial charge on any atom is 0.223 e. The van der Waals surface area contributed by atoms with Crippen molar-refractivity contribution in [1.29, 1.82) is 0 Å². The molecule has 2 heterocycles. The standard InChI is InChI=1S/C13H18N6/c1-3-15-11-6-12(19-13(14)18-11)17-8-10-5-4-9(2)16-7-10/h4-7H,3,8H2,1-2H3,(H4,14,15,17,18,19). The number of anilines is 3. The number of nitrogens with one attached hydrogen (secondary N) is 2. The van der Waals surface area contributed by atoms with Gasteiger partial charge in [-0.05, 0) is 25.5 Å². The van der Waals surface area contributed by atoms with E-state index < -0.39 is 0 Å². The van der Waals surface area contributed by atoms with Gasteiger partial charge in [-0.25, -0.2) is 0 Å². The molecule has 6 heteroatoms. The van der Waals surface area contributed by atoms with Crippen LogP contribution in [0.15, 0.2) is 24.4 Å². The molecule has 2 aromatic heterocycles. The Bertz CT molecular complexity index is 537. The number of nitrogen functional groups attached to an aromatic ring is 1. The van der Waals surface area contributed by atoms with E-state index in [2.05, 4.69) is 25.6 Å². The third-order valence-electron chi connectivity index (χ3n) is 2.55. The van der Waals surface area contributed by atoms with Crippen molar-refractivity contribution in [2.24, 2.45) is 0 Å². The predicted octanol–water partition coefficient (Wildman–Crippen LogP) is 1.81. The van der Waals surface area contributed by atoms with E-state index in [4.69, 9.17) is 5.73 Å². The lowest BCUT2D eigenvalue weighted by molar-refractivity contribution is 1.05. The molecular weight excluding hydrogens is 240 g/mol. The molecule has 0 unspecified atom stereocenters. The van der Waals surface area contributed by atoms with Crippen LogP contribution in [-0.4, -0.2) is 21.5 Å². The molecule has 0 fully saturated rings. The fourth-order valence-electron chi connectivity index (χ4n) is 1.62. The Labute approximate surface area is 112 Å². The van der Waals surface area contributed by atoms with E-state index in [1.165, 1.54) is 0 Å². The average molecular weight is 258 g/mol. The summed E-state index contributed by atoms with van der Waals surface area (Å²) in [5, 5.41) is 6.32. The number of rotatable bonds is 5. The van der Waals surface area contributed by atoms with E-state index in [1.54, 1.807) is 0 Å². The molecule has 0 spiro atoms. The van der Waals surface area contributed by atoms with Crippen LogP contribution in [0, 0.1) is 6.92 Å². The van der Waals surface area contributed by atoms with E-state index >= 15 is 0 Å². The van der Waals surface area contributed by atoms with E-state index in [-0.39, 0.29) is 5.95 Å². The Balaban J connectivity index is 2.04. The van der Waals surface area contributed by atoms with E-state index in [1.807, 2.05) is 38.2 Å². The van der Waals surface area contributed by atoms with Gasteiger partial charge in [-0.2, -0.15) is 9.97 Å². The quantitative estimate of drug-likeness (QED) is 0.758. The van der Waals surface area contributed by atoms with E-state index in [0.29, 0.717) is 12.4 Å². The van der Waals surface area contributed by atoms with Gasteiger partial charge in [0.25, 0.3) is 0 Å². The summed E-state index contributed by atoms with van der Waals surface area (Å²) in [6.07, 6.45) is 1.85. The van der Waals surface area contributed by atoms with Crippen molar-refractivity contribution in [2.75, 3.05) is 22.9 Å². The minimum absolute atomic E-state index is 0.253. The minimum Gasteiger partial charge on any atom is -0.370 e. The molecule has 19 heavy (non-hydrogen) atoms. The van der Waals surface area contributed by atoms with Crippen LogP contribution >= 0.6 is 0 Å². The molecule has 0 aliphatic rings. The zero-order valence-corrected chi connectivity index (χ0v) is 11.1. The van der Waals surface area contributed by atoms with Crippen molar-refractivity contribution >= 4 is 17.6 Å². The average Bonchev–Trinajstić information content (AvgIpc) is 2.38. The van der Waals surface area contributed by atoms with Crippen molar-refractivity contribution in [3.8, 4) is 0 Å². The first-order valence-electron chi connectivity index (χ1n) is 6.21. The van der Waals surface area contributed by atoms with Gasteiger partial charge in [-0.1, -0.05) is 6.07 Å². The van der Waals surface area contributed by atoms with Crippen LogP contribution in [0.25, 0.3) is 0 Å². The second-order valence-corrected chi connectivity index (χ2v) is 4.19. The molecule has 0 saturated heterocycles. The van der Waals surface area contributed by atoms with Crippen LogP contribution in [0.3, 0.4) is 0 Å². The molecule has 4 N–H and O–H groups in total. The highest BCUT2D eigenvalue weighted by atomic mass is 15.1. The third-order valence-corrected chi connectivity index (χ3v) is 2.55. The monoisotopic (exact) mass is 258 g/mol. The third kappa shape index (κ3) is 3.80.